The van der Waals surface area contributed by atoms with E-state index < -0.39 is 0 Å². The first-order chi connectivity index (χ1) is 24.0. The van der Waals surface area contributed by atoms with Gasteiger partial charge in [-0.1, -0.05) is 116 Å². The number of aliphatic imine (C=N–C) groups is 1. The molecule has 0 unspecified atom stereocenters. The number of amidine groups is 2. The molecule has 1 aliphatic carbocycles. The van der Waals surface area contributed by atoms with Crippen LogP contribution in [0.1, 0.15) is 41.7 Å². The van der Waals surface area contributed by atoms with Crippen LogP contribution in [0.2, 0.25) is 0 Å². The van der Waals surface area contributed by atoms with E-state index in [4.69, 9.17) is 4.99 Å². The number of rotatable bonds is 5. The Kier molecular flexibility index (Phi) is 6.54. The topological polar surface area (TPSA) is 39.2 Å². The number of benzene rings is 7. The molecule has 2 aliphatic rings. The van der Waals surface area contributed by atoms with E-state index >= 15 is 0 Å². The Morgan fingerprint density at radius 2 is 1.20 bits per heavy atom. The van der Waals surface area contributed by atoms with Crippen LogP contribution in [0.25, 0.3) is 44.2 Å². The van der Waals surface area contributed by atoms with Crippen LogP contribution in [-0.2, 0) is 5.41 Å². The highest BCUT2D eigenvalue weighted by Gasteiger charge is 2.37. The summed E-state index contributed by atoms with van der Waals surface area (Å²) < 4.78 is 2.24. The molecule has 0 bridgehead atoms. The molecule has 1 heterocycles. The van der Waals surface area contributed by atoms with Gasteiger partial charge in [0, 0.05) is 5.41 Å². The fourth-order valence-corrected chi connectivity index (χ4v) is 7.56. The van der Waals surface area contributed by atoms with Crippen molar-refractivity contribution < 1.29 is 4.58 Å². The van der Waals surface area contributed by atoms with E-state index in [1.807, 2.05) is 18.2 Å². The predicted molar refractivity (Wildman–Crippen MR) is 201 cm³/mol. The minimum absolute atomic E-state index is 0.173. The van der Waals surface area contributed by atoms with E-state index in [9.17, 15) is 5.26 Å². The summed E-state index contributed by atoms with van der Waals surface area (Å²) >= 11 is 0. The largest absolute Gasteiger partial charge is 0.279 e. The third-order valence-corrected chi connectivity index (χ3v) is 10.1. The number of fused-ring (bicyclic) bond motifs is 4. The Labute approximate surface area is 286 Å². The number of hydrogen-bond acceptors (Lipinski definition) is 2. The van der Waals surface area contributed by atoms with E-state index in [1.165, 1.54) is 55.3 Å². The van der Waals surface area contributed by atoms with Crippen LogP contribution < -0.4 is 0 Å². The van der Waals surface area contributed by atoms with Gasteiger partial charge in [-0.3, -0.25) is 0 Å². The summed E-state index contributed by atoms with van der Waals surface area (Å²) in [7, 11) is 0. The van der Waals surface area contributed by atoms with Crippen LogP contribution in [0.4, 0.5) is 5.69 Å². The van der Waals surface area contributed by atoms with Crippen LogP contribution in [0, 0.1) is 11.3 Å². The highest BCUT2D eigenvalue weighted by atomic mass is 15.2. The van der Waals surface area contributed by atoms with Crippen molar-refractivity contribution in [3.8, 4) is 39.4 Å². The predicted octanol–water partition coefficient (Wildman–Crippen LogP) is 10.9. The average molecular weight is 627 g/mol. The second-order valence-electron chi connectivity index (χ2n) is 13.4. The Morgan fingerprint density at radius 3 is 1.96 bits per heavy atom. The SMILES string of the molecule is CC1(C)c2cc(C#N)ccc2-c2c(-c3ccc4ccc(-c5ccc(C6=[N+](c7ccccc7)C(c7ccccc7)=N6)cc5)cc4c3)cccc21. The zero-order chi connectivity index (χ0) is 33.1. The molecule has 49 heavy (non-hydrogen) atoms. The summed E-state index contributed by atoms with van der Waals surface area (Å²) in [5.74, 6) is 1.91. The zero-order valence-corrected chi connectivity index (χ0v) is 27.4. The lowest BCUT2D eigenvalue weighted by molar-refractivity contribution is -0.319. The Bertz CT molecular complexity index is 2550. The van der Waals surface area contributed by atoms with Crippen molar-refractivity contribution in [2.45, 2.75) is 19.3 Å². The van der Waals surface area contributed by atoms with E-state index in [1.54, 1.807) is 0 Å². The zero-order valence-electron chi connectivity index (χ0n) is 27.4. The maximum Gasteiger partial charge on any atom is 0.279 e. The minimum Gasteiger partial charge on any atom is -0.192 e. The van der Waals surface area contributed by atoms with Crippen molar-refractivity contribution in [2.75, 3.05) is 0 Å². The molecule has 0 atom stereocenters. The summed E-state index contributed by atoms with van der Waals surface area (Å²) in [6.07, 6.45) is 0. The monoisotopic (exact) mass is 626 g/mol. The summed E-state index contributed by atoms with van der Waals surface area (Å²) in [5.41, 5.74) is 13.6. The van der Waals surface area contributed by atoms with Gasteiger partial charge in [-0.15, -0.1) is 0 Å². The van der Waals surface area contributed by atoms with Crippen LogP contribution in [0.15, 0.2) is 163 Å². The Hall–Kier alpha value is -6.37. The maximum atomic E-state index is 9.59. The molecule has 0 saturated heterocycles. The second-order valence-corrected chi connectivity index (χ2v) is 13.4. The van der Waals surface area contributed by atoms with Crippen molar-refractivity contribution in [1.29, 1.82) is 5.26 Å². The van der Waals surface area contributed by atoms with E-state index in [-0.39, 0.29) is 5.41 Å². The molecule has 0 N–H and O–H groups in total. The van der Waals surface area contributed by atoms with Gasteiger partial charge >= 0.3 is 0 Å². The standard InChI is InChI=1S/C46H32N3/c1-46(2)41-15-9-14-39(43(41)40-25-16-30(29-47)26-42(40)46)36-24-20-32-19-23-35(27-37(32)28-36)31-17-21-34(22-18-31)45-48-44(33-10-5-3-6-11-33)49(45)38-12-7-4-8-13-38/h3-28H,1-2H3/q+1. The number of nitriles is 1. The van der Waals surface area contributed by atoms with Crippen LogP contribution in [0.3, 0.4) is 0 Å². The fraction of sp³-hybridized carbons (Fsp3) is 0.0652. The van der Waals surface area contributed by atoms with Gasteiger partial charge in [-0.05, 0) is 116 Å². The summed E-state index contributed by atoms with van der Waals surface area (Å²) in [6, 6.07) is 58.1. The van der Waals surface area contributed by atoms with Gasteiger partial charge in [0.2, 0.25) is 0 Å². The normalized spacial score (nSPS) is 14.1. The lowest BCUT2D eigenvalue weighted by atomic mass is 9.81. The molecule has 7 aromatic carbocycles. The quantitative estimate of drug-likeness (QED) is 0.175. The first-order valence-corrected chi connectivity index (χ1v) is 16.7. The minimum atomic E-state index is -0.173. The molecule has 0 amide bonds. The van der Waals surface area contributed by atoms with Gasteiger partial charge in [0.1, 0.15) is 5.69 Å². The number of hydrogen-bond donors (Lipinski definition) is 0. The van der Waals surface area contributed by atoms with Crippen molar-refractivity contribution in [3.05, 3.63) is 186 Å². The lowest BCUT2D eigenvalue weighted by Crippen LogP contribution is -2.34. The third-order valence-electron chi connectivity index (χ3n) is 10.1. The highest BCUT2D eigenvalue weighted by molar-refractivity contribution is 6.16. The Morgan fingerprint density at radius 1 is 0.531 bits per heavy atom. The van der Waals surface area contributed by atoms with Gasteiger partial charge in [0.05, 0.1) is 22.8 Å². The third kappa shape index (κ3) is 4.65. The molecule has 0 spiro atoms. The number of nitrogens with zero attached hydrogens (tertiary/aromatic N) is 3. The van der Waals surface area contributed by atoms with Crippen LogP contribution in [0.5, 0.6) is 0 Å². The summed E-state index contributed by atoms with van der Waals surface area (Å²) in [5, 5.41) is 12.0. The fourth-order valence-electron chi connectivity index (χ4n) is 7.56. The maximum absolute atomic E-state index is 9.59. The molecular weight excluding hydrogens is 595 g/mol. The molecule has 230 valence electrons. The van der Waals surface area contributed by atoms with Gasteiger partial charge in [0.15, 0.2) is 0 Å². The molecule has 9 rings (SSSR count). The highest BCUT2D eigenvalue weighted by Crippen LogP contribution is 2.52. The molecular formula is C46H32N3+. The second kappa shape index (κ2) is 11.1. The van der Waals surface area contributed by atoms with E-state index in [0.29, 0.717) is 5.56 Å². The molecule has 7 aromatic rings. The summed E-state index contributed by atoms with van der Waals surface area (Å²) in [4.78, 5) is 5.00. The lowest BCUT2D eigenvalue weighted by Gasteiger charge is -2.21. The first-order valence-electron chi connectivity index (χ1n) is 16.7. The smallest absolute Gasteiger partial charge is 0.192 e. The molecule has 0 fully saturated rings. The van der Waals surface area contributed by atoms with Crippen molar-refractivity contribution in [2.24, 2.45) is 4.99 Å². The first kappa shape index (κ1) is 28.8. The Balaban J connectivity index is 1.07. The summed E-state index contributed by atoms with van der Waals surface area (Å²) in [6.45, 7) is 4.52. The van der Waals surface area contributed by atoms with Gasteiger partial charge in [-0.2, -0.15) is 9.84 Å². The molecule has 1 aliphatic heterocycles. The molecule has 0 radical (unpaired) electrons. The number of para-hydroxylation sites is 1. The molecule has 3 nitrogen and oxygen atoms in total. The van der Waals surface area contributed by atoms with E-state index in [2.05, 4.69) is 164 Å². The molecule has 0 aromatic heterocycles. The van der Waals surface area contributed by atoms with Gasteiger partial charge in [-0.25, -0.2) is 0 Å². The van der Waals surface area contributed by atoms with Crippen molar-refractivity contribution in [3.63, 3.8) is 0 Å². The van der Waals surface area contributed by atoms with Crippen LogP contribution >= 0.6 is 0 Å². The van der Waals surface area contributed by atoms with Crippen molar-refractivity contribution in [1.82, 2.24) is 0 Å². The van der Waals surface area contributed by atoms with Gasteiger partial charge in [0.25, 0.3) is 11.7 Å². The van der Waals surface area contributed by atoms with Gasteiger partial charge < -0.3 is 0 Å². The molecule has 3 heteroatoms. The van der Waals surface area contributed by atoms with Crippen LogP contribution in [-0.4, -0.2) is 16.2 Å². The van der Waals surface area contributed by atoms with E-state index in [0.717, 1.165) is 28.5 Å². The molecule has 0 saturated carbocycles. The van der Waals surface area contributed by atoms with Crippen molar-refractivity contribution >= 4 is 28.1 Å². The average Bonchev–Trinajstić information content (AvgIpc) is 3.37.